The van der Waals surface area contributed by atoms with Crippen molar-refractivity contribution >= 4 is 11.6 Å². The lowest BCUT2D eigenvalue weighted by atomic mass is 10.3. The molecule has 2 aromatic heterocycles. The van der Waals surface area contributed by atoms with E-state index in [4.69, 9.17) is 5.73 Å². The number of hydrogen-bond acceptors (Lipinski definition) is 5. The number of nitrogens with zero attached hydrogens (tertiary/aromatic N) is 3. The van der Waals surface area contributed by atoms with Crippen molar-refractivity contribution in [2.75, 3.05) is 11.1 Å². The van der Waals surface area contributed by atoms with Crippen molar-refractivity contribution in [3.63, 3.8) is 0 Å². The van der Waals surface area contributed by atoms with E-state index in [9.17, 15) is 0 Å². The summed E-state index contributed by atoms with van der Waals surface area (Å²) in [5.74, 6) is 1.06. The van der Waals surface area contributed by atoms with Gasteiger partial charge in [-0.05, 0) is 19.1 Å². The molecule has 2 heterocycles. The molecule has 5 nitrogen and oxygen atoms in total. The normalized spacial score (nSPS) is 10.1. The third kappa shape index (κ3) is 2.66. The molecule has 3 N–H and O–H groups in total. The van der Waals surface area contributed by atoms with Crippen LogP contribution in [0.2, 0.25) is 0 Å². The maximum atomic E-state index is 5.52. The van der Waals surface area contributed by atoms with E-state index in [1.54, 1.807) is 6.20 Å². The third-order valence-corrected chi connectivity index (χ3v) is 2.05. The predicted octanol–water partition coefficient (Wildman–Crippen LogP) is 1.37. The van der Waals surface area contributed by atoms with E-state index in [-0.39, 0.29) is 0 Å². The van der Waals surface area contributed by atoms with Crippen molar-refractivity contribution in [3.05, 3.63) is 42.0 Å². The van der Waals surface area contributed by atoms with Crippen LogP contribution in [0.25, 0.3) is 0 Å². The lowest BCUT2D eigenvalue weighted by Crippen LogP contribution is -2.05. The maximum absolute atomic E-state index is 5.52. The van der Waals surface area contributed by atoms with E-state index in [1.165, 1.54) is 6.20 Å². The Hall–Kier alpha value is -2.17. The van der Waals surface area contributed by atoms with Crippen LogP contribution in [0.5, 0.6) is 0 Å². The van der Waals surface area contributed by atoms with Gasteiger partial charge in [-0.2, -0.15) is 0 Å². The summed E-state index contributed by atoms with van der Waals surface area (Å²) in [6.07, 6.45) is 3.14. The highest BCUT2D eigenvalue weighted by Gasteiger charge is 1.97. The summed E-state index contributed by atoms with van der Waals surface area (Å²) in [6, 6.07) is 5.90. The molecule has 0 aliphatic heterocycles. The smallest absolute Gasteiger partial charge is 0.147 e. The molecule has 0 aromatic carbocycles. The number of aromatic nitrogens is 3. The van der Waals surface area contributed by atoms with Gasteiger partial charge in [-0.1, -0.05) is 6.07 Å². The van der Waals surface area contributed by atoms with E-state index in [1.807, 2.05) is 25.1 Å². The minimum Gasteiger partial charge on any atom is -0.382 e. The fraction of sp³-hybridized carbons (Fsp3) is 0.182. The number of nitrogen functional groups attached to an aromatic ring is 1. The molecule has 16 heavy (non-hydrogen) atoms. The number of nitrogens with one attached hydrogen (secondary N) is 1. The van der Waals surface area contributed by atoms with Crippen LogP contribution < -0.4 is 11.1 Å². The van der Waals surface area contributed by atoms with Crippen molar-refractivity contribution in [2.24, 2.45) is 0 Å². The number of aryl methyl sites for hydroxylation is 1. The first kappa shape index (κ1) is 10.4. The Labute approximate surface area is 93.8 Å². The van der Waals surface area contributed by atoms with Crippen molar-refractivity contribution in [2.45, 2.75) is 13.5 Å². The molecule has 0 unspecified atom stereocenters. The Kier molecular flexibility index (Phi) is 2.95. The Morgan fingerprint density at radius 3 is 2.88 bits per heavy atom. The van der Waals surface area contributed by atoms with E-state index >= 15 is 0 Å². The first-order chi connectivity index (χ1) is 7.74. The molecule has 0 saturated heterocycles. The van der Waals surface area contributed by atoms with Gasteiger partial charge in [-0.25, -0.2) is 4.98 Å². The molecule has 0 atom stereocenters. The van der Waals surface area contributed by atoms with Crippen molar-refractivity contribution < 1.29 is 0 Å². The molecule has 0 aliphatic carbocycles. The zero-order valence-corrected chi connectivity index (χ0v) is 9.01. The molecule has 0 bridgehead atoms. The Bertz CT molecular complexity index is 438. The van der Waals surface area contributed by atoms with Crippen LogP contribution in [0.15, 0.2) is 30.6 Å². The van der Waals surface area contributed by atoms with Gasteiger partial charge < -0.3 is 11.1 Å². The standard InChI is InChI=1S/C11H13N5/c1-8-3-2-4-9(15-8)5-14-11-7-13-6-10(12)16-11/h2-4,6-7H,5H2,1H3,(H3,12,14,16). The largest absolute Gasteiger partial charge is 0.382 e. The summed E-state index contributed by atoms with van der Waals surface area (Å²) in [5.41, 5.74) is 7.48. The maximum Gasteiger partial charge on any atom is 0.147 e. The molecule has 2 aromatic rings. The molecule has 0 saturated carbocycles. The number of rotatable bonds is 3. The highest BCUT2D eigenvalue weighted by Crippen LogP contribution is 2.05. The monoisotopic (exact) mass is 215 g/mol. The van der Waals surface area contributed by atoms with Crippen LogP contribution in [-0.2, 0) is 6.54 Å². The number of nitrogens with two attached hydrogens (primary N) is 1. The first-order valence-corrected chi connectivity index (χ1v) is 4.98. The summed E-state index contributed by atoms with van der Waals surface area (Å²) >= 11 is 0. The van der Waals surface area contributed by atoms with Crippen LogP contribution in [0.4, 0.5) is 11.6 Å². The van der Waals surface area contributed by atoms with Crippen LogP contribution in [0.1, 0.15) is 11.4 Å². The topological polar surface area (TPSA) is 76.7 Å². The molecule has 2 rings (SSSR count). The summed E-state index contributed by atoms with van der Waals surface area (Å²) in [6.45, 7) is 2.57. The fourth-order valence-electron chi connectivity index (χ4n) is 1.35. The van der Waals surface area contributed by atoms with Crippen LogP contribution in [0, 0.1) is 6.92 Å². The minimum absolute atomic E-state index is 0.405. The van der Waals surface area contributed by atoms with Gasteiger partial charge in [0.15, 0.2) is 0 Å². The fourth-order valence-corrected chi connectivity index (χ4v) is 1.35. The molecule has 0 aliphatic rings. The number of anilines is 2. The van der Waals surface area contributed by atoms with E-state index < -0.39 is 0 Å². The lowest BCUT2D eigenvalue weighted by molar-refractivity contribution is 0.999. The minimum atomic E-state index is 0.405. The molecular weight excluding hydrogens is 202 g/mol. The van der Waals surface area contributed by atoms with E-state index in [0.717, 1.165) is 11.4 Å². The molecule has 0 radical (unpaired) electrons. The molecule has 82 valence electrons. The van der Waals surface area contributed by atoms with Crippen molar-refractivity contribution in [1.29, 1.82) is 0 Å². The number of pyridine rings is 1. The molecule has 0 fully saturated rings. The van der Waals surface area contributed by atoms with Gasteiger partial charge in [-0.3, -0.25) is 9.97 Å². The molecule has 0 spiro atoms. The van der Waals surface area contributed by atoms with Gasteiger partial charge in [0.1, 0.15) is 11.6 Å². The van der Waals surface area contributed by atoms with Gasteiger partial charge in [0.25, 0.3) is 0 Å². The second-order valence-electron chi connectivity index (χ2n) is 3.45. The summed E-state index contributed by atoms with van der Waals surface area (Å²) in [7, 11) is 0. The van der Waals surface area contributed by atoms with Gasteiger partial charge in [0.05, 0.1) is 24.6 Å². The zero-order valence-electron chi connectivity index (χ0n) is 9.01. The Morgan fingerprint density at radius 1 is 1.25 bits per heavy atom. The number of hydrogen-bond donors (Lipinski definition) is 2. The molecule has 5 heteroatoms. The third-order valence-electron chi connectivity index (χ3n) is 2.05. The first-order valence-electron chi connectivity index (χ1n) is 4.98. The van der Waals surface area contributed by atoms with E-state index in [0.29, 0.717) is 18.2 Å². The molecule has 0 amide bonds. The lowest BCUT2D eigenvalue weighted by Gasteiger charge is -2.05. The zero-order chi connectivity index (χ0) is 11.4. The van der Waals surface area contributed by atoms with E-state index in [2.05, 4.69) is 20.3 Å². The highest BCUT2D eigenvalue weighted by molar-refractivity contribution is 5.38. The molecular formula is C11H13N5. The second-order valence-corrected chi connectivity index (χ2v) is 3.45. The summed E-state index contributed by atoms with van der Waals surface area (Å²) < 4.78 is 0. The van der Waals surface area contributed by atoms with Crippen LogP contribution >= 0.6 is 0 Å². The van der Waals surface area contributed by atoms with Crippen molar-refractivity contribution in [1.82, 2.24) is 15.0 Å². The predicted molar refractivity (Wildman–Crippen MR) is 62.7 cm³/mol. The van der Waals surface area contributed by atoms with Gasteiger partial charge in [0, 0.05) is 5.69 Å². The average molecular weight is 215 g/mol. The van der Waals surface area contributed by atoms with Gasteiger partial charge in [0.2, 0.25) is 0 Å². The summed E-state index contributed by atoms with van der Waals surface area (Å²) in [4.78, 5) is 12.4. The Balaban J connectivity index is 2.02. The quantitative estimate of drug-likeness (QED) is 0.808. The van der Waals surface area contributed by atoms with Crippen LogP contribution in [0.3, 0.4) is 0 Å². The second kappa shape index (κ2) is 4.57. The van der Waals surface area contributed by atoms with Crippen LogP contribution in [-0.4, -0.2) is 15.0 Å². The van der Waals surface area contributed by atoms with Gasteiger partial charge >= 0.3 is 0 Å². The Morgan fingerprint density at radius 2 is 2.12 bits per heavy atom. The SMILES string of the molecule is Cc1cccc(CNc2cncc(N)n2)n1. The van der Waals surface area contributed by atoms with Gasteiger partial charge in [-0.15, -0.1) is 0 Å². The van der Waals surface area contributed by atoms with Crippen molar-refractivity contribution in [3.8, 4) is 0 Å². The summed E-state index contributed by atoms with van der Waals surface area (Å²) in [5, 5.41) is 3.11. The highest BCUT2D eigenvalue weighted by atomic mass is 15.0. The average Bonchev–Trinajstić information content (AvgIpc) is 2.27.